The Morgan fingerprint density at radius 2 is 1.95 bits per heavy atom. The summed E-state index contributed by atoms with van der Waals surface area (Å²) in [6.07, 6.45) is 3.57. The molecule has 0 aromatic heterocycles. The number of ether oxygens (including phenoxy) is 1. The van der Waals surface area contributed by atoms with E-state index in [9.17, 15) is 4.79 Å². The maximum atomic E-state index is 11.5. The Bertz CT molecular complexity index is 524. The summed E-state index contributed by atoms with van der Waals surface area (Å²) in [6.45, 7) is 2.01. The number of benzene rings is 1. The molecule has 0 saturated heterocycles. The first-order valence-corrected chi connectivity index (χ1v) is 6.39. The van der Waals surface area contributed by atoms with Crippen molar-refractivity contribution in [2.45, 2.75) is 13.3 Å². The van der Waals surface area contributed by atoms with E-state index in [0.717, 1.165) is 5.56 Å². The Labute approximate surface area is 118 Å². The van der Waals surface area contributed by atoms with Gasteiger partial charge < -0.3 is 4.74 Å². The van der Waals surface area contributed by atoms with Crippen molar-refractivity contribution in [3.8, 4) is 12.1 Å². The molecule has 20 heavy (non-hydrogen) atoms. The zero-order valence-corrected chi connectivity index (χ0v) is 11.3. The lowest BCUT2D eigenvalue weighted by Gasteiger charge is -2.12. The van der Waals surface area contributed by atoms with Crippen LogP contribution in [-0.2, 0) is 9.53 Å². The first-order valence-electron chi connectivity index (χ1n) is 6.39. The lowest BCUT2D eigenvalue weighted by molar-refractivity contribution is -0.143. The van der Waals surface area contributed by atoms with Gasteiger partial charge in [-0.3, -0.25) is 4.79 Å². The Hall–Kier alpha value is -2.59. The van der Waals surface area contributed by atoms with Crippen molar-refractivity contribution >= 4 is 12.0 Å². The summed E-state index contributed by atoms with van der Waals surface area (Å²) in [7, 11) is 0. The van der Waals surface area contributed by atoms with Crippen molar-refractivity contribution in [1.82, 2.24) is 0 Å². The topological polar surface area (TPSA) is 73.9 Å². The molecule has 0 aliphatic carbocycles. The number of rotatable bonds is 6. The third kappa shape index (κ3) is 4.96. The molecule has 0 spiro atoms. The van der Waals surface area contributed by atoms with Crippen molar-refractivity contribution in [3.63, 3.8) is 0 Å². The van der Waals surface area contributed by atoms with Crippen LogP contribution in [0.2, 0.25) is 0 Å². The van der Waals surface area contributed by atoms with Crippen molar-refractivity contribution in [1.29, 1.82) is 10.5 Å². The number of nitrogens with zero attached hydrogens (tertiary/aromatic N) is 2. The highest BCUT2D eigenvalue weighted by Gasteiger charge is 2.22. The number of esters is 1. The SMILES string of the molecule is CCOC(=O)CC(/C=C/c1ccccc1)C(C#N)C#N. The van der Waals surface area contributed by atoms with Crippen LogP contribution in [0.25, 0.3) is 6.08 Å². The number of hydrogen-bond acceptors (Lipinski definition) is 4. The van der Waals surface area contributed by atoms with Crippen LogP contribution in [-0.4, -0.2) is 12.6 Å². The molecule has 1 atom stereocenters. The smallest absolute Gasteiger partial charge is 0.306 e. The number of nitriles is 2. The largest absolute Gasteiger partial charge is 0.466 e. The highest BCUT2D eigenvalue weighted by molar-refractivity contribution is 5.70. The van der Waals surface area contributed by atoms with Crippen LogP contribution in [0.4, 0.5) is 0 Å². The molecule has 1 aromatic rings. The second-order valence-electron chi connectivity index (χ2n) is 4.18. The zero-order valence-electron chi connectivity index (χ0n) is 11.3. The van der Waals surface area contributed by atoms with Crippen molar-refractivity contribution < 1.29 is 9.53 Å². The van der Waals surface area contributed by atoms with Crippen molar-refractivity contribution in [2.24, 2.45) is 11.8 Å². The van der Waals surface area contributed by atoms with Gasteiger partial charge in [-0.25, -0.2) is 0 Å². The molecule has 0 N–H and O–H groups in total. The second-order valence-corrected chi connectivity index (χ2v) is 4.18. The van der Waals surface area contributed by atoms with Crippen molar-refractivity contribution in [2.75, 3.05) is 6.61 Å². The van der Waals surface area contributed by atoms with Crippen LogP contribution in [0.3, 0.4) is 0 Å². The summed E-state index contributed by atoms with van der Waals surface area (Å²) in [5.74, 6) is -1.73. The minimum Gasteiger partial charge on any atom is -0.466 e. The van der Waals surface area contributed by atoms with Gasteiger partial charge in [-0.2, -0.15) is 10.5 Å². The second kappa shape index (κ2) is 8.50. The van der Waals surface area contributed by atoms with E-state index < -0.39 is 17.8 Å². The molecule has 4 nitrogen and oxygen atoms in total. The predicted molar refractivity (Wildman–Crippen MR) is 74.9 cm³/mol. The molecule has 0 aliphatic rings. The fourth-order valence-electron chi connectivity index (χ4n) is 1.73. The Morgan fingerprint density at radius 3 is 2.50 bits per heavy atom. The quantitative estimate of drug-likeness (QED) is 0.743. The standard InChI is InChI=1S/C16H16N2O2/c1-2-20-16(19)10-14(15(11-17)12-18)9-8-13-6-4-3-5-7-13/h3-9,14-15H,2,10H2,1H3/b9-8+. The van der Waals surface area contributed by atoms with Crippen molar-refractivity contribution in [3.05, 3.63) is 42.0 Å². The van der Waals surface area contributed by atoms with Gasteiger partial charge in [0.2, 0.25) is 0 Å². The molecule has 0 aliphatic heterocycles. The molecule has 0 radical (unpaired) electrons. The van der Waals surface area contributed by atoms with Gasteiger partial charge in [0.25, 0.3) is 0 Å². The minimum atomic E-state index is -0.862. The van der Waals surface area contributed by atoms with Crippen LogP contribution < -0.4 is 0 Å². The van der Waals surface area contributed by atoms with E-state index in [-0.39, 0.29) is 13.0 Å². The fraction of sp³-hybridized carbons (Fsp3) is 0.312. The van der Waals surface area contributed by atoms with E-state index in [1.54, 1.807) is 13.0 Å². The van der Waals surface area contributed by atoms with Crippen LogP contribution in [0.15, 0.2) is 36.4 Å². The Morgan fingerprint density at radius 1 is 1.30 bits per heavy atom. The number of allylic oxidation sites excluding steroid dienone is 1. The maximum absolute atomic E-state index is 11.5. The summed E-state index contributed by atoms with van der Waals surface area (Å²) in [5, 5.41) is 18.0. The summed E-state index contributed by atoms with van der Waals surface area (Å²) in [6, 6.07) is 13.3. The van der Waals surface area contributed by atoms with Gasteiger partial charge in [-0.05, 0) is 12.5 Å². The van der Waals surface area contributed by atoms with Crippen LogP contribution in [0.1, 0.15) is 18.9 Å². The monoisotopic (exact) mass is 268 g/mol. The van der Waals surface area contributed by atoms with Gasteiger partial charge in [-0.15, -0.1) is 0 Å². The summed E-state index contributed by atoms with van der Waals surface area (Å²) >= 11 is 0. The van der Waals surface area contributed by atoms with Gasteiger partial charge in [0.1, 0.15) is 5.92 Å². The molecule has 0 fully saturated rings. The average molecular weight is 268 g/mol. The van der Waals surface area contributed by atoms with E-state index in [2.05, 4.69) is 0 Å². The summed E-state index contributed by atoms with van der Waals surface area (Å²) in [4.78, 5) is 11.5. The molecule has 1 aromatic carbocycles. The Balaban J connectivity index is 2.83. The molecule has 0 saturated carbocycles. The normalized spacial score (nSPS) is 11.8. The van der Waals surface area contributed by atoms with E-state index >= 15 is 0 Å². The fourth-order valence-corrected chi connectivity index (χ4v) is 1.73. The molecule has 0 bridgehead atoms. The van der Waals surface area contributed by atoms with E-state index in [0.29, 0.717) is 0 Å². The van der Waals surface area contributed by atoms with E-state index in [1.165, 1.54) is 0 Å². The van der Waals surface area contributed by atoms with E-state index in [4.69, 9.17) is 15.3 Å². The van der Waals surface area contributed by atoms with E-state index in [1.807, 2.05) is 48.5 Å². The van der Waals surface area contributed by atoms with Gasteiger partial charge >= 0.3 is 5.97 Å². The van der Waals surface area contributed by atoms with Crippen LogP contribution in [0, 0.1) is 34.5 Å². The third-order valence-corrected chi connectivity index (χ3v) is 2.75. The first-order chi connectivity index (χ1) is 9.71. The first kappa shape index (κ1) is 15.5. The molecule has 102 valence electrons. The van der Waals surface area contributed by atoms with Gasteiger partial charge in [0.05, 0.1) is 25.2 Å². The highest BCUT2D eigenvalue weighted by atomic mass is 16.5. The number of hydrogen-bond donors (Lipinski definition) is 0. The molecule has 0 heterocycles. The molecule has 1 unspecified atom stereocenters. The molecular weight excluding hydrogens is 252 g/mol. The van der Waals surface area contributed by atoms with Gasteiger partial charge in [-0.1, -0.05) is 42.5 Å². The van der Waals surface area contributed by atoms with Gasteiger partial charge in [0.15, 0.2) is 0 Å². The maximum Gasteiger partial charge on any atom is 0.306 e. The van der Waals surface area contributed by atoms with Crippen LogP contribution in [0.5, 0.6) is 0 Å². The summed E-state index contributed by atoms with van der Waals surface area (Å²) in [5.41, 5.74) is 0.955. The third-order valence-electron chi connectivity index (χ3n) is 2.75. The Kier molecular flexibility index (Phi) is 6.57. The predicted octanol–water partition coefficient (Wildman–Crippen LogP) is 2.93. The molecule has 4 heteroatoms. The molecule has 1 rings (SSSR count). The average Bonchev–Trinajstić information content (AvgIpc) is 2.47. The number of carbonyl (C=O) groups excluding carboxylic acids is 1. The number of carbonyl (C=O) groups is 1. The molecular formula is C16H16N2O2. The zero-order chi connectivity index (χ0) is 14.8. The van der Waals surface area contributed by atoms with Crippen LogP contribution >= 0.6 is 0 Å². The lowest BCUT2D eigenvalue weighted by Crippen LogP contribution is -2.16. The lowest BCUT2D eigenvalue weighted by atomic mass is 9.90. The van der Waals surface area contributed by atoms with Gasteiger partial charge in [0, 0.05) is 5.92 Å². The summed E-state index contributed by atoms with van der Waals surface area (Å²) < 4.78 is 4.87. The molecule has 0 amide bonds. The minimum absolute atomic E-state index is 0.0307. The highest BCUT2D eigenvalue weighted by Crippen LogP contribution is 2.19.